The minimum absolute atomic E-state index is 0.0228. The predicted molar refractivity (Wildman–Crippen MR) is 81.0 cm³/mol. The summed E-state index contributed by atoms with van der Waals surface area (Å²) < 4.78 is 4.96. The van der Waals surface area contributed by atoms with Gasteiger partial charge in [0.1, 0.15) is 6.61 Å². The van der Waals surface area contributed by atoms with Crippen molar-refractivity contribution in [2.75, 3.05) is 46.5 Å². The predicted octanol–water partition coefficient (Wildman–Crippen LogP) is -0.816. The number of hydrogen-bond acceptors (Lipinski definition) is 5. The van der Waals surface area contributed by atoms with Gasteiger partial charge in [0.2, 0.25) is 11.8 Å². The Labute approximate surface area is 131 Å². The van der Waals surface area contributed by atoms with Crippen molar-refractivity contribution >= 4 is 11.8 Å². The Morgan fingerprint density at radius 3 is 2.45 bits per heavy atom. The lowest BCUT2D eigenvalue weighted by molar-refractivity contribution is -0.140. The fraction of sp³-hybridized carbons (Fsp3) is 0.867. The lowest BCUT2D eigenvalue weighted by Crippen LogP contribution is -2.49. The van der Waals surface area contributed by atoms with E-state index in [9.17, 15) is 14.7 Å². The Balaban J connectivity index is 2.05. The van der Waals surface area contributed by atoms with Gasteiger partial charge in [-0.2, -0.15) is 0 Å². The lowest BCUT2D eigenvalue weighted by atomic mass is 9.74. The second kappa shape index (κ2) is 6.52. The number of piperidine rings is 1. The molecular weight excluding hydrogens is 286 g/mol. The normalized spacial score (nSPS) is 28.2. The summed E-state index contributed by atoms with van der Waals surface area (Å²) in [4.78, 5) is 27.1. The van der Waals surface area contributed by atoms with Crippen LogP contribution in [0.15, 0.2) is 0 Å². The summed E-state index contributed by atoms with van der Waals surface area (Å²) in [5.41, 5.74) is 4.74. The van der Waals surface area contributed by atoms with E-state index in [4.69, 9.17) is 10.5 Å². The van der Waals surface area contributed by atoms with E-state index < -0.39 is 5.54 Å². The number of carbonyl (C=O) groups is 2. The van der Waals surface area contributed by atoms with E-state index in [1.54, 1.807) is 4.90 Å². The molecule has 22 heavy (non-hydrogen) atoms. The van der Waals surface area contributed by atoms with Crippen LogP contribution in [0.1, 0.15) is 26.2 Å². The zero-order valence-corrected chi connectivity index (χ0v) is 13.5. The minimum Gasteiger partial charge on any atom is -0.394 e. The largest absolute Gasteiger partial charge is 0.394 e. The number of aliphatic hydroxyl groups is 1. The van der Waals surface area contributed by atoms with E-state index in [1.807, 2.05) is 6.92 Å². The SMILES string of the molecule is COCC(=O)N1CC2(CCN(CC(N)=O)CC2)C[C@]1(C)CO. The molecule has 0 aromatic carbocycles. The van der Waals surface area contributed by atoms with Crippen LogP contribution in [0.2, 0.25) is 0 Å². The van der Waals surface area contributed by atoms with Gasteiger partial charge in [-0.3, -0.25) is 14.5 Å². The van der Waals surface area contributed by atoms with Gasteiger partial charge in [0.15, 0.2) is 0 Å². The molecule has 0 saturated carbocycles. The number of nitrogens with zero attached hydrogens (tertiary/aromatic N) is 2. The second-order valence-corrected chi connectivity index (χ2v) is 6.99. The van der Waals surface area contributed by atoms with Crippen molar-refractivity contribution < 1.29 is 19.4 Å². The molecule has 2 heterocycles. The monoisotopic (exact) mass is 313 g/mol. The van der Waals surface area contributed by atoms with E-state index in [1.165, 1.54) is 7.11 Å². The topological polar surface area (TPSA) is 96.1 Å². The summed E-state index contributed by atoms with van der Waals surface area (Å²) in [5.74, 6) is -0.380. The number of hydrogen-bond donors (Lipinski definition) is 2. The summed E-state index contributed by atoms with van der Waals surface area (Å²) in [5, 5.41) is 9.79. The summed E-state index contributed by atoms with van der Waals surface area (Å²) in [7, 11) is 1.50. The van der Waals surface area contributed by atoms with Crippen molar-refractivity contribution in [2.24, 2.45) is 11.1 Å². The summed E-state index contributed by atoms with van der Waals surface area (Å²) in [6, 6.07) is 0. The Morgan fingerprint density at radius 2 is 1.95 bits per heavy atom. The van der Waals surface area contributed by atoms with Crippen molar-refractivity contribution in [3.8, 4) is 0 Å². The van der Waals surface area contributed by atoms with E-state index in [2.05, 4.69) is 4.90 Å². The first kappa shape index (κ1) is 17.2. The van der Waals surface area contributed by atoms with Crippen molar-refractivity contribution in [3.05, 3.63) is 0 Å². The molecule has 3 N–H and O–H groups in total. The number of primary amides is 1. The molecule has 0 radical (unpaired) electrons. The van der Waals surface area contributed by atoms with E-state index in [-0.39, 0.29) is 30.4 Å². The molecule has 2 rings (SSSR count). The third-order valence-electron chi connectivity index (χ3n) is 5.11. The maximum Gasteiger partial charge on any atom is 0.249 e. The van der Waals surface area contributed by atoms with Crippen LogP contribution < -0.4 is 5.73 Å². The van der Waals surface area contributed by atoms with Crippen LogP contribution in [0.3, 0.4) is 0 Å². The van der Waals surface area contributed by atoms with Gasteiger partial charge in [-0.1, -0.05) is 0 Å². The molecule has 0 aliphatic carbocycles. The quantitative estimate of drug-likeness (QED) is 0.691. The Bertz CT molecular complexity index is 435. The Hall–Kier alpha value is -1.18. The molecular formula is C15H27N3O4. The van der Waals surface area contributed by atoms with Gasteiger partial charge in [-0.05, 0) is 44.7 Å². The molecule has 0 aromatic rings. The molecule has 126 valence electrons. The molecule has 1 spiro atoms. The highest BCUT2D eigenvalue weighted by Gasteiger charge is 2.52. The first-order chi connectivity index (χ1) is 10.3. The molecule has 2 saturated heterocycles. The highest BCUT2D eigenvalue weighted by molar-refractivity contribution is 5.79. The van der Waals surface area contributed by atoms with E-state index >= 15 is 0 Å². The third kappa shape index (κ3) is 3.42. The first-order valence-corrected chi connectivity index (χ1v) is 7.75. The first-order valence-electron chi connectivity index (χ1n) is 7.75. The number of aliphatic hydroxyl groups excluding tert-OH is 1. The van der Waals surface area contributed by atoms with Crippen LogP contribution in [0.4, 0.5) is 0 Å². The Morgan fingerprint density at radius 1 is 1.32 bits per heavy atom. The highest BCUT2D eigenvalue weighted by atomic mass is 16.5. The van der Waals surface area contributed by atoms with Gasteiger partial charge in [-0.15, -0.1) is 0 Å². The van der Waals surface area contributed by atoms with Crippen LogP contribution in [0.25, 0.3) is 0 Å². The molecule has 7 heteroatoms. The number of amides is 2. The van der Waals surface area contributed by atoms with Gasteiger partial charge in [-0.25, -0.2) is 0 Å². The Kier molecular flexibility index (Phi) is 5.09. The van der Waals surface area contributed by atoms with Crippen molar-refractivity contribution in [2.45, 2.75) is 31.7 Å². The number of methoxy groups -OCH3 is 1. The van der Waals surface area contributed by atoms with Gasteiger partial charge in [0.05, 0.1) is 18.7 Å². The molecule has 7 nitrogen and oxygen atoms in total. The molecule has 1 atom stereocenters. The lowest BCUT2D eigenvalue weighted by Gasteiger charge is -2.38. The van der Waals surface area contributed by atoms with Crippen LogP contribution in [-0.4, -0.2) is 78.8 Å². The number of nitrogens with two attached hydrogens (primary N) is 1. The van der Waals surface area contributed by atoms with Crippen molar-refractivity contribution in [1.82, 2.24) is 9.80 Å². The van der Waals surface area contributed by atoms with Gasteiger partial charge in [0, 0.05) is 13.7 Å². The molecule has 0 unspecified atom stereocenters. The van der Waals surface area contributed by atoms with Crippen LogP contribution in [0.5, 0.6) is 0 Å². The van der Waals surface area contributed by atoms with Gasteiger partial charge < -0.3 is 20.5 Å². The zero-order chi connectivity index (χ0) is 16.4. The van der Waals surface area contributed by atoms with Crippen molar-refractivity contribution in [1.29, 1.82) is 0 Å². The minimum atomic E-state index is -0.526. The van der Waals surface area contributed by atoms with Crippen LogP contribution in [-0.2, 0) is 14.3 Å². The molecule has 2 aliphatic rings. The fourth-order valence-corrected chi connectivity index (χ4v) is 3.96. The second-order valence-electron chi connectivity index (χ2n) is 6.99. The smallest absolute Gasteiger partial charge is 0.249 e. The average molecular weight is 313 g/mol. The molecule has 0 bridgehead atoms. The molecule has 2 fully saturated rings. The number of carbonyl (C=O) groups excluding carboxylic acids is 2. The van der Waals surface area contributed by atoms with E-state index in [0.717, 1.165) is 32.4 Å². The van der Waals surface area contributed by atoms with Crippen molar-refractivity contribution in [3.63, 3.8) is 0 Å². The maximum atomic E-state index is 12.3. The highest BCUT2D eigenvalue weighted by Crippen LogP contribution is 2.47. The number of rotatable bonds is 5. The number of likely N-dealkylation sites (tertiary alicyclic amines) is 2. The molecule has 2 amide bonds. The zero-order valence-electron chi connectivity index (χ0n) is 13.5. The van der Waals surface area contributed by atoms with Gasteiger partial charge in [0.25, 0.3) is 0 Å². The third-order valence-corrected chi connectivity index (χ3v) is 5.11. The average Bonchev–Trinajstić information content (AvgIpc) is 2.76. The maximum absolute atomic E-state index is 12.3. The molecule has 0 aromatic heterocycles. The van der Waals surface area contributed by atoms with Crippen LogP contribution >= 0.6 is 0 Å². The summed E-state index contributed by atoms with van der Waals surface area (Å²) >= 11 is 0. The molecule has 2 aliphatic heterocycles. The standard InChI is InChI=1S/C15H27N3O4/c1-14(11-19)9-15(10-18(14)13(21)8-22-2)3-5-17(6-4-15)7-12(16)20/h19H,3-11H2,1-2H3,(H2,16,20)/t14-/m1/s1. The number of ether oxygens (including phenoxy) is 1. The summed E-state index contributed by atoms with van der Waals surface area (Å²) in [6.07, 6.45) is 2.61. The fourth-order valence-electron chi connectivity index (χ4n) is 3.96. The summed E-state index contributed by atoms with van der Waals surface area (Å²) in [6.45, 7) is 4.48. The van der Waals surface area contributed by atoms with E-state index in [0.29, 0.717) is 13.1 Å². The van der Waals surface area contributed by atoms with Crippen LogP contribution in [0, 0.1) is 5.41 Å². The van der Waals surface area contributed by atoms with Gasteiger partial charge >= 0.3 is 0 Å².